The number of hydrogen-bond acceptors (Lipinski definition) is 4. The fraction of sp³-hybridized carbons (Fsp3) is 0.120. The summed E-state index contributed by atoms with van der Waals surface area (Å²) in [6.07, 6.45) is 0. The van der Waals surface area contributed by atoms with Crippen LogP contribution in [0.25, 0.3) is 11.0 Å². The van der Waals surface area contributed by atoms with Crippen LogP contribution in [0.4, 0.5) is 5.69 Å². The van der Waals surface area contributed by atoms with E-state index in [1.165, 1.54) is 4.90 Å². The average molecular weight is 412 g/mol. The molecule has 6 heteroatoms. The second-order valence-electron chi connectivity index (χ2n) is 7.33. The van der Waals surface area contributed by atoms with Crippen molar-refractivity contribution in [2.24, 2.45) is 0 Å². The summed E-state index contributed by atoms with van der Waals surface area (Å²) >= 11 is 0. The predicted molar refractivity (Wildman–Crippen MR) is 117 cm³/mol. The van der Waals surface area contributed by atoms with Gasteiger partial charge in [-0.25, -0.2) is 0 Å². The van der Waals surface area contributed by atoms with E-state index >= 15 is 0 Å². The SMILES string of the molecule is O=C(CN1C(=O)COc2ccccc21)NC(c1ccccc1)c1cc2ccccc2o1. The number of furan rings is 1. The summed E-state index contributed by atoms with van der Waals surface area (Å²) in [5.74, 6) is 0.675. The molecule has 0 fully saturated rings. The first-order valence-corrected chi connectivity index (χ1v) is 10.0. The van der Waals surface area contributed by atoms with Gasteiger partial charge in [0, 0.05) is 5.39 Å². The minimum absolute atomic E-state index is 0.0873. The van der Waals surface area contributed by atoms with Gasteiger partial charge in [0.2, 0.25) is 5.91 Å². The first kappa shape index (κ1) is 18.9. The van der Waals surface area contributed by atoms with Crippen molar-refractivity contribution in [3.63, 3.8) is 0 Å². The third-order valence-electron chi connectivity index (χ3n) is 5.28. The third-order valence-corrected chi connectivity index (χ3v) is 5.28. The van der Waals surface area contributed by atoms with Crippen molar-refractivity contribution in [3.05, 3.63) is 96.3 Å². The maximum Gasteiger partial charge on any atom is 0.265 e. The van der Waals surface area contributed by atoms with Crippen LogP contribution in [0.2, 0.25) is 0 Å². The molecule has 5 rings (SSSR count). The van der Waals surface area contributed by atoms with E-state index in [2.05, 4.69) is 5.32 Å². The highest BCUT2D eigenvalue weighted by molar-refractivity contribution is 6.02. The lowest BCUT2D eigenvalue weighted by Crippen LogP contribution is -2.45. The van der Waals surface area contributed by atoms with Crippen LogP contribution in [0.3, 0.4) is 0 Å². The van der Waals surface area contributed by atoms with Crippen molar-refractivity contribution < 1.29 is 18.7 Å². The smallest absolute Gasteiger partial charge is 0.265 e. The molecule has 6 nitrogen and oxygen atoms in total. The molecule has 0 aliphatic carbocycles. The molecule has 1 aromatic heterocycles. The Kier molecular flexibility index (Phi) is 4.88. The number of rotatable bonds is 5. The molecule has 31 heavy (non-hydrogen) atoms. The van der Waals surface area contributed by atoms with Gasteiger partial charge in [0.15, 0.2) is 6.61 Å². The van der Waals surface area contributed by atoms with Crippen molar-refractivity contribution in [2.75, 3.05) is 18.1 Å². The van der Waals surface area contributed by atoms with E-state index in [9.17, 15) is 9.59 Å². The van der Waals surface area contributed by atoms with Crippen LogP contribution in [-0.4, -0.2) is 25.0 Å². The topological polar surface area (TPSA) is 71.8 Å². The summed E-state index contributed by atoms with van der Waals surface area (Å²) in [5.41, 5.74) is 2.24. The molecule has 1 atom stereocenters. The van der Waals surface area contributed by atoms with Gasteiger partial charge < -0.3 is 14.5 Å². The molecule has 2 amide bonds. The Balaban J connectivity index is 1.43. The molecule has 2 heterocycles. The third kappa shape index (κ3) is 3.75. The molecule has 0 spiro atoms. The van der Waals surface area contributed by atoms with E-state index in [4.69, 9.17) is 9.15 Å². The minimum atomic E-state index is -0.479. The van der Waals surface area contributed by atoms with E-state index in [0.717, 1.165) is 16.5 Å². The van der Waals surface area contributed by atoms with E-state index in [-0.39, 0.29) is 25.0 Å². The second-order valence-corrected chi connectivity index (χ2v) is 7.33. The number of carbonyl (C=O) groups excluding carboxylic acids is 2. The van der Waals surface area contributed by atoms with Crippen molar-refractivity contribution in [1.29, 1.82) is 0 Å². The molecule has 154 valence electrons. The Morgan fingerprint density at radius 3 is 2.55 bits per heavy atom. The van der Waals surface area contributed by atoms with Gasteiger partial charge in [-0.1, -0.05) is 60.7 Å². The zero-order valence-electron chi connectivity index (χ0n) is 16.7. The number of carbonyl (C=O) groups is 2. The highest BCUT2D eigenvalue weighted by Gasteiger charge is 2.28. The lowest BCUT2D eigenvalue weighted by Gasteiger charge is -2.29. The van der Waals surface area contributed by atoms with Crippen LogP contribution in [-0.2, 0) is 9.59 Å². The molecule has 0 bridgehead atoms. The maximum absolute atomic E-state index is 13.1. The van der Waals surface area contributed by atoms with Crippen molar-refractivity contribution >= 4 is 28.5 Å². The number of para-hydroxylation sites is 3. The monoisotopic (exact) mass is 412 g/mol. The highest BCUT2D eigenvalue weighted by Crippen LogP contribution is 2.32. The lowest BCUT2D eigenvalue weighted by molar-refractivity contribution is -0.125. The van der Waals surface area contributed by atoms with Gasteiger partial charge in [-0.05, 0) is 29.8 Å². The van der Waals surface area contributed by atoms with Crippen LogP contribution in [0.1, 0.15) is 17.4 Å². The van der Waals surface area contributed by atoms with Crippen molar-refractivity contribution in [3.8, 4) is 5.75 Å². The molecular weight excluding hydrogens is 392 g/mol. The molecule has 0 radical (unpaired) electrons. The quantitative estimate of drug-likeness (QED) is 0.537. The van der Waals surface area contributed by atoms with Crippen molar-refractivity contribution in [1.82, 2.24) is 5.32 Å². The van der Waals surface area contributed by atoms with Gasteiger partial charge in [-0.15, -0.1) is 0 Å². The summed E-state index contributed by atoms with van der Waals surface area (Å²) in [5, 5.41) is 4.00. The van der Waals surface area contributed by atoms with Gasteiger partial charge in [0.05, 0.1) is 5.69 Å². The Labute approximate surface area is 179 Å². The van der Waals surface area contributed by atoms with E-state index < -0.39 is 6.04 Å². The Hall–Kier alpha value is -4.06. The largest absolute Gasteiger partial charge is 0.482 e. The second kappa shape index (κ2) is 7.99. The molecule has 0 saturated heterocycles. The Morgan fingerprint density at radius 2 is 1.71 bits per heavy atom. The zero-order valence-corrected chi connectivity index (χ0v) is 16.7. The Morgan fingerprint density at radius 1 is 0.968 bits per heavy atom. The number of nitrogens with zero attached hydrogens (tertiary/aromatic N) is 1. The number of ether oxygens (including phenoxy) is 1. The van der Waals surface area contributed by atoms with Gasteiger partial charge in [0.25, 0.3) is 5.91 Å². The number of anilines is 1. The molecule has 1 aliphatic heterocycles. The number of amides is 2. The molecule has 1 N–H and O–H groups in total. The van der Waals surface area contributed by atoms with Crippen LogP contribution < -0.4 is 15.0 Å². The summed E-state index contributed by atoms with van der Waals surface area (Å²) in [4.78, 5) is 26.9. The van der Waals surface area contributed by atoms with Gasteiger partial charge in [-0.2, -0.15) is 0 Å². The lowest BCUT2D eigenvalue weighted by atomic mass is 10.0. The number of nitrogens with one attached hydrogen (secondary N) is 1. The highest BCUT2D eigenvalue weighted by atomic mass is 16.5. The first-order valence-electron chi connectivity index (χ1n) is 10.0. The van der Waals surface area contributed by atoms with Crippen LogP contribution in [0.15, 0.2) is 89.3 Å². The van der Waals surface area contributed by atoms with Crippen LogP contribution in [0.5, 0.6) is 5.75 Å². The van der Waals surface area contributed by atoms with E-state index in [1.807, 2.05) is 72.8 Å². The van der Waals surface area contributed by atoms with Crippen molar-refractivity contribution in [2.45, 2.75) is 6.04 Å². The van der Waals surface area contributed by atoms with E-state index in [1.54, 1.807) is 12.1 Å². The predicted octanol–water partition coefficient (Wildman–Crippen LogP) is 4.06. The molecule has 3 aromatic carbocycles. The van der Waals surface area contributed by atoms with Crippen LogP contribution in [0, 0.1) is 0 Å². The average Bonchev–Trinajstić information content (AvgIpc) is 3.24. The van der Waals surface area contributed by atoms with Gasteiger partial charge in [0.1, 0.15) is 29.7 Å². The zero-order chi connectivity index (χ0) is 21.2. The summed E-state index contributed by atoms with van der Waals surface area (Å²) < 4.78 is 11.5. The molecule has 0 saturated carbocycles. The van der Waals surface area contributed by atoms with Gasteiger partial charge in [-0.3, -0.25) is 14.5 Å². The minimum Gasteiger partial charge on any atom is -0.482 e. The molecule has 1 aliphatic rings. The summed E-state index contributed by atoms with van der Waals surface area (Å²) in [7, 11) is 0. The summed E-state index contributed by atoms with van der Waals surface area (Å²) in [6, 6.07) is 26.0. The first-order chi connectivity index (χ1) is 15.2. The standard InChI is InChI=1S/C25H20N2O4/c28-23(15-27-19-11-5-7-13-21(19)30-16-24(27)29)26-25(17-8-2-1-3-9-17)22-14-18-10-4-6-12-20(18)31-22/h1-14,25H,15-16H2,(H,26,28). The maximum atomic E-state index is 13.1. The number of benzene rings is 3. The number of hydrogen-bond donors (Lipinski definition) is 1. The number of fused-ring (bicyclic) bond motifs is 2. The van der Waals surface area contributed by atoms with Crippen LogP contribution >= 0.6 is 0 Å². The fourth-order valence-corrected chi connectivity index (χ4v) is 3.79. The van der Waals surface area contributed by atoms with E-state index in [0.29, 0.717) is 17.2 Å². The Bertz CT molecular complexity index is 1220. The fourth-order valence-electron chi connectivity index (χ4n) is 3.79. The molecule has 4 aromatic rings. The van der Waals surface area contributed by atoms with Gasteiger partial charge >= 0.3 is 0 Å². The molecular formula is C25H20N2O4. The summed E-state index contributed by atoms with van der Waals surface area (Å²) in [6.45, 7) is -0.196. The normalized spacial score (nSPS) is 14.1. The molecule has 1 unspecified atom stereocenters.